The van der Waals surface area contributed by atoms with Gasteiger partial charge in [-0.05, 0) is 24.7 Å². The molecule has 3 unspecified atom stereocenters. The van der Waals surface area contributed by atoms with Gasteiger partial charge in [-0.15, -0.1) is 24.0 Å². The molecule has 1 aromatic heterocycles. The molecule has 1 saturated heterocycles. The Balaban J connectivity index is 0.00000338. The third-order valence-corrected chi connectivity index (χ3v) is 5.12. The molecule has 0 spiro atoms. The van der Waals surface area contributed by atoms with E-state index in [4.69, 9.17) is 9.73 Å². The van der Waals surface area contributed by atoms with Crippen LogP contribution in [0.15, 0.2) is 23.7 Å². The van der Waals surface area contributed by atoms with Gasteiger partial charge in [0.05, 0.1) is 25.0 Å². The van der Waals surface area contributed by atoms with Gasteiger partial charge in [0.2, 0.25) is 0 Å². The minimum atomic E-state index is 0. The van der Waals surface area contributed by atoms with Crippen LogP contribution < -0.4 is 5.32 Å². The summed E-state index contributed by atoms with van der Waals surface area (Å²) < 4.78 is 7.89. The first-order chi connectivity index (χ1) is 11.9. The van der Waals surface area contributed by atoms with Gasteiger partial charge < -0.3 is 19.5 Å². The fourth-order valence-electron chi connectivity index (χ4n) is 3.39. The van der Waals surface area contributed by atoms with Crippen LogP contribution in [0.25, 0.3) is 0 Å². The second-order valence-corrected chi connectivity index (χ2v) is 8.07. The van der Waals surface area contributed by atoms with E-state index >= 15 is 0 Å². The van der Waals surface area contributed by atoms with E-state index in [1.165, 1.54) is 0 Å². The molecule has 3 atom stereocenters. The van der Waals surface area contributed by atoms with Crippen molar-refractivity contribution in [2.45, 2.75) is 53.2 Å². The number of halogens is 1. The van der Waals surface area contributed by atoms with Crippen LogP contribution in [-0.2, 0) is 4.74 Å². The molecular formula is C19H36IN5O. The molecule has 6 nitrogen and oxygen atoms in total. The lowest BCUT2D eigenvalue weighted by molar-refractivity contribution is 0.0238. The van der Waals surface area contributed by atoms with Crippen LogP contribution in [0.3, 0.4) is 0 Å². The molecule has 26 heavy (non-hydrogen) atoms. The molecule has 7 heteroatoms. The molecule has 1 aliphatic rings. The normalized spacial score (nSPS) is 22.7. The smallest absolute Gasteiger partial charge is 0.194 e. The Morgan fingerprint density at radius 1 is 1.42 bits per heavy atom. The molecule has 0 bridgehead atoms. The first-order valence-corrected chi connectivity index (χ1v) is 9.40. The van der Waals surface area contributed by atoms with Crippen molar-refractivity contribution < 1.29 is 4.74 Å². The number of aliphatic imine (C=N–C) groups is 1. The Morgan fingerprint density at radius 3 is 2.69 bits per heavy atom. The largest absolute Gasteiger partial charge is 0.379 e. The second-order valence-electron chi connectivity index (χ2n) is 8.07. The highest BCUT2D eigenvalue weighted by molar-refractivity contribution is 14.0. The summed E-state index contributed by atoms with van der Waals surface area (Å²) in [6.07, 6.45) is 7.11. The van der Waals surface area contributed by atoms with E-state index in [-0.39, 0.29) is 35.5 Å². The maximum atomic E-state index is 5.66. The Bertz CT molecular complexity index is 541. The first kappa shape index (κ1) is 23.2. The van der Waals surface area contributed by atoms with Gasteiger partial charge >= 0.3 is 0 Å². The third kappa shape index (κ3) is 6.11. The highest BCUT2D eigenvalue weighted by atomic mass is 127. The standard InChI is InChI=1S/C19H35N5O.HI/c1-7-21-18(22-12-17(25-6)19(3,4)5)23-10-8-15(2)16(13-23)24-11-9-20-14-24;/h9,11,14-17H,7-8,10,12-13H2,1-6H3,(H,21,22);1H. The molecule has 0 amide bonds. The lowest BCUT2D eigenvalue weighted by atomic mass is 9.89. The number of aromatic nitrogens is 2. The zero-order chi connectivity index (χ0) is 18.4. The molecule has 2 heterocycles. The molecule has 2 rings (SSSR count). The van der Waals surface area contributed by atoms with Gasteiger partial charge in [0.25, 0.3) is 0 Å². The summed E-state index contributed by atoms with van der Waals surface area (Å²) in [5.41, 5.74) is 0.0747. The van der Waals surface area contributed by atoms with Crippen LogP contribution >= 0.6 is 24.0 Å². The SMILES string of the molecule is CCNC(=NCC(OC)C(C)(C)C)N1CCC(C)C(n2ccnc2)C1.I. The summed E-state index contributed by atoms with van der Waals surface area (Å²) in [4.78, 5) is 11.5. The van der Waals surface area contributed by atoms with Crippen LogP contribution in [0.1, 0.15) is 47.1 Å². The molecule has 1 N–H and O–H groups in total. The van der Waals surface area contributed by atoms with Crippen LogP contribution in [-0.4, -0.2) is 59.8 Å². The van der Waals surface area contributed by atoms with Crippen molar-refractivity contribution in [3.05, 3.63) is 18.7 Å². The van der Waals surface area contributed by atoms with Crippen LogP contribution in [0.2, 0.25) is 0 Å². The number of nitrogens with zero attached hydrogens (tertiary/aromatic N) is 4. The highest BCUT2D eigenvalue weighted by Gasteiger charge is 2.29. The lowest BCUT2D eigenvalue weighted by Crippen LogP contribution is -2.49. The number of piperidine rings is 1. The number of hydrogen-bond acceptors (Lipinski definition) is 3. The number of nitrogens with one attached hydrogen (secondary N) is 1. The van der Waals surface area contributed by atoms with E-state index in [1.54, 1.807) is 7.11 Å². The molecule has 1 aliphatic heterocycles. The summed E-state index contributed by atoms with van der Waals surface area (Å²) in [6.45, 7) is 14.6. The van der Waals surface area contributed by atoms with E-state index in [0.29, 0.717) is 18.5 Å². The van der Waals surface area contributed by atoms with Crippen molar-refractivity contribution in [2.24, 2.45) is 16.3 Å². The Kier molecular flexibility index (Phi) is 9.36. The van der Waals surface area contributed by atoms with E-state index < -0.39 is 0 Å². The average molecular weight is 477 g/mol. The number of rotatable bonds is 5. The third-order valence-electron chi connectivity index (χ3n) is 5.12. The van der Waals surface area contributed by atoms with Crippen LogP contribution in [0.4, 0.5) is 0 Å². The van der Waals surface area contributed by atoms with Crippen molar-refractivity contribution in [3.63, 3.8) is 0 Å². The minimum Gasteiger partial charge on any atom is -0.379 e. The van der Waals surface area contributed by atoms with Gasteiger partial charge in [-0.3, -0.25) is 4.99 Å². The van der Waals surface area contributed by atoms with Gasteiger partial charge in [0, 0.05) is 39.1 Å². The molecular weight excluding hydrogens is 441 g/mol. The number of likely N-dealkylation sites (tertiary alicyclic amines) is 1. The summed E-state index contributed by atoms with van der Waals surface area (Å²) in [5, 5.41) is 3.46. The van der Waals surface area contributed by atoms with Crippen molar-refractivity contribution in [2.75, 3.05) is 33.3 Å². The van der Waals surface area contributed by atoms with Crippen molar-refractivity contribution in [3.8, 4) is 0 Å². The second kappa shape index (κ2) is 10.5. The predicted molar refractivity (Wildman–Crippen MR) is 118 cm³/mol. The van der Waals surface area contributed by atoms with E-state index in [0.717, 1.165) is 32.0 Å². The summed E-state index contributed by atoms with van der Waals surface area (Å²) >= 11 is 0. The monoisotopic (exact) mass is 477 g/mol. The molecule has 0 aromatic carbocycles. The Hall–Kier alpha value is -0.830. The van der Waals surface area contributed by atoms with Crippen LogP contribution in [0, 0.1) is 11.3 Å². The fourth-order valence-corrected chi connectivity index (χ4v) is 3.39. The summed E-state index contributed by atoms with van der Waals surface area (Å²) in [7, 11) is 1.77. The zero-order valence-electron chi connectivity index (χ0n) is 17.1. The van der Waals surface area contributed by atoms with Crippen molar-refractivity contribution in [1.82, 2.24) is 19.8 Å². The molecule has 1 fully saturated rings. The van der Waals surface area contributed by atoms with E-state index in [1.807, 2.05) is 12.5 Å². The zero-order valence-corrected chi connectivity index (χ0v) is 19.4. The lowest BCUT2D eigenvalue weighted by Gasteiger charge is -2.39. The van der Waals surface area contributed by atoms with Gasteiger partial charge in [0.1, 0.15) is 0 Å². The fraction of sp³-hybridized carbons (Fsp3) is 0.789. The maximum absolute atomic E-state index is 5.66. The minimum absolute atomic E-state index is 0. The van der Waals surface area contributed by atoms with Crippen molar-refractivity contribution in [1.29, 1.82) is 0 Å². The molecule has 0 aliphatic carbocycles. The van der Waals surface area contributed by atoms with Gasteiger partial charge in [-0.1, -0.05) is 27.7 Å². The quantitative estimate of drug-likeness (QED) is 0.401. The number of guanidine groups is 1. The molecule has 0 saturated carbocycles. The highest BCUT2D eigenvalue weighted by Crippen LogP contribution is 2.27. The average Bonchev–Trinajstić information content (AvgIpc) is 3.08. The van der Waals surface area contributed by atoms with Gasteiger partial charge in [-0.25, -0.2) is 4.98 Å². The van der Waals surface area contributed by atoms with Gasteiger partial charge in [-0.2, -0.15) is 0 Å². The summed E-state index contributed by atoms with van der Waals surface area (Å²) in [6, 6.07) is 0.431. The topological polar surface area (TPSA) is 54.7 Å². The summed E-state index contributed by atoms with van der Waals surface area (Å²) in [5.74, 6) is 1.63. The van der Waals surface area contributed by atoms with E-state index in [9.17, 15) is 0 Å². The first-order valence-electron chi connectivity index (χ1n) is 9.40. The van der Waals surface area contributed by atoms with Crippen LogP contribution in [0.5, 0.6) is 0 Å². The van der Waals surface area contributed by atoms with Crippen molar-refractivity contribution >= 4 is 29.9 Å². The number of imidazole rings is 1. The maximum Gasteiger partial charge on any atom is 0.194 e. The Labute approximate surface area is 175 Å². The Morgan fingerprint density at radius 2 is 2.15 bits per heavy atom. The van der Waals surface area contributed by atoms with Gasteiger partial charge in [0.15, 0.2) is 5.96 Å². The molecule has 0 radical (unpaired) electrons. The van der Waals surface area contributed by atoms with E-state index in [2.05, 4.69) is 60.6 Å². The molecule has 1 aromatic rings. The predicted octanol–water partition coefficient (Wildman–Crippen LogP) is 3.41. The number of methoxy groups -OCH3 is 1. The number of ether oxygens (including phenoxy) is 1. The number of hydrogen-bond donors (Lipinski definition) is 1. The molecule has 150 valence electrons.